The molecule has 7 heteroatoms. The third-order valence-corrected chi connectivity index (χ3v) is 3.62. The highest BCUT2D eigenvalue weighted by Gasteiger charge is 1.99. The fourth-order valence-electron chi connectivity index (χ4n) is 2.41. The molecule has 4 aromatic rings. The zero-order valence-corrected chi connectivity index (χ0v) is 14.9. The topological polar surface area (TPSA) is 85.1 Å². The van der Waals surface area contributed by atoms with Crippen LogP contribution in [0.1, 0.15) is 6.92 Å². The fraction of sp³-hybridized carbons (Fsp3) is 0.263. The SMILES string of the molecule is CCOc1cnc2[nH]ccc2c1.COCCOc1cnc2[nH]ccc2c1. The summed E-state index contributed by atoms with van der Waals surface area (Å²) in [6, 6.07) is 7.87. The van der Waals surface area contributed by atoms with E-state index in [4.69, 9.17) is 14.2 Å². The zero-order valence-electron chi connectivity index (χ0n) is 14.9. The summed E-state index contributed by atoms with van der Waals surface area (Å²) in [5, 5.41) is 2.14. The number of nitrogens with one attached hydrogen (secondary N) is 2. The predicted octanol–water partition coefficient (Wildman–Crippen LogP) is 3.55. The van der Waals surface area contributed by atoms with E-state index < -0.39 is 0 Å². The lowest BCUT2D eigenvalue weighted by molar-refractivity contribution is 0.146. The van der Waals surface area contributed by atoms with Crippen molar-refractivity contribution in [2.75, 3.05) is 26.9 Å². The van der Waals surface area contributed by atoms with Gasteiger partial charge in [0.15, 0.2) is 0 Å². The lowest BCUT2D eigenvalue weighted by atomic mass is 10.3. The van der Waals surface area contributed by atoms with Crippen LogP contribution in [0.3, 0.4) is 0 Å². The van der Waals surface area contributed by atoms with Gasteiger partial charge in [0.25, 0.3) is 0 Å². The molecule has 0 amide bonds. The monoisotopic (exact) mass is 354 g/mol. The third-order valence-electron chi connectivity index (χ3n) is 3.62. The first-order chi connectivity index (χ1) is 12.8. The van der Waals surface area contributed by atoms with Crippen LogP contribution in [0.4, 0.5) is 0 Å². The molecule has 4 heterocycles. The Labute approximate surface area is 151 Å². The number of nitrogens with zero attached hydrogens (tertiary/aromatic N) is 2. The van der Waals surface area contributed by atoms with E-state index in [0.717, 1.165) is 33.6 Å². The number of ether oxygens (including phenoxy) is 3. The van der Waals surface area contributed by atoms with Crippen LogP contribution < -0.4 is 9.47 Å². The van der Waals surface area contributed by atoms with Crippen LogP contribution in [0, 0.1) is 0 Å². The molecule has 4 rings (SSSR count). The van der Waals surface area contributed by atoms with Gasteiger partial charge in [-0.2, -0.15) is 0 Å². The number of aromatic amines is 2. The summed E-state index contributed by atoms with van der Waals surface area (Å²) in [5.41, 5.74) is 1.78. The van der Waals surface area contributed by atoms with Gasteiger partial charge < -0.3 is 24.2 Å². The van der Waals surface area contributed by atoms with Gasteiger partial charge in [-0.25, -0.2) is 9.97 Å². The van der Waals surface area contributed by atoms with Gasteiger partial charge in [0.1, 0.15) is 29.4 Å². The maximum absolute atomic E-state index is 5.42. The van der Waals surface area contributed by atoms with Crippen molar-refractivity contribution in [3.05, 3.63) is 49.1 Å². The standard InChI is InChI=1S/C10H12N2O2.C9H10N2O/c1-13-4-5-14-9-6-8-2-3-11-10(8)12-7-9;1-2-12-8-5-7-3-4-10-9(7)11-6-8/h2-3,6-7H,4-5H2,1H3,(H,11,12);3-6H,2H2,1H3,(H,10,11). The van der Waals surface area contributed by atoms with Crippen molar-refractivity contribution in [3.63, 3.8) is 0 Å². The van der Waals surface area contributed by atoms with Crippen LogP contribution in [0.2, 0.25) is 0 Å². The number of hydrogen-bond donors (Lipinski definition) is 2. The highest BCUT2D eigenvalue weighted by molar-refractivity contribution is 5.77. The van der Waals surface area contributed by atoms with Crippen LogP contribution in [0.25, 0.3) is 22.1 Å². The average molecular weight is 354 g/mol. The molecule has 136 valence electrons. The largest absolute Gasteiger partial charge is 0.492 e. The molecule has 7 nitrogen and oxygen atoms in total. The van der Waals surface area contributed by atoms with Crippen molar-refractivity contribution in [1.82, 2.24) is 19.9 Å². The maximum Gasteiger partial charge on any atom is 0.138 e. The van der Waals surface area contributed by atoms with Crippen molar-refractivity contribution in [2.45, 2.75) is 6.92 Å². The number of fused-ring (bicyclic) bond motifs is 2. The Morgan fingerprint density at radius 3 is 1.96 bits per heavy atom. The number of aromatic nitrogens is 4. The molecule has 0 saturated heterocycles. The van der Waals surface area contributed by atoms with Gasteiger partial charge in [-0.1, -0.05) is 0 Å². The summed E-state index contributed by atoms with van der Waals surface area (Å²) in [7, 11) is 1.65. The van der Waals surface area contributed by atoms with E-state index in [-0.39, 0.29) is 0 Å². The van der Waals surface area contributed by atoms with Crippen molar-refractivity contribution in [3.8, 4) is 11.5 Å². The number of hydrogen-bond acceptors (Lipinski definition) is 5. The van der Waals surface area contributed by atoms with Crippen LogP contribution in [-0.2, 0) is 4.74 Å². The van der Waals surface area contributed by atoms with Crippen molar-refractivity contribution in [2.24, 2.45) is 0 Å². The summed E-state index contributed by atoms with van der Waals surface area (Å²) >= 11 is 0. The molecule has 0 aliphatic carbocycles. The Balaban J connectivity index is 0.000000152. The van der Waals surface area contributed by atoms with Gasteiger partial charge in [0.2, 0.25) is 0 Å². The lowest BCUT2D eigenvalue weighted by Gasteiger charge is -2.04. The molecular weight excluding hydrogens is 332 g/mol. The first kappa shape index (κ1) is 17.8. The van der Waals surface area contributed by atoms with Gasteiger partial charge in [0, 0.05) is 30.3 Å². The van der Waals surface area contributed by atoms with Crippen LogP contribution in [0.5, 0.6) is 11.5 Å². The fourth-order valence-corrected chi connectivity index (χ4v) is 2.41. The summed E-state index contributed by atoms with van der Waals surface area (Å²) in [5.74, 6) is 1.60. The molecule has 4 aromatic heterocycles. The minimum Gasteiger partial charge on any atom is -0.492 e. The normalized spacial score (nSPS) is 10.5. The second-order valence-electron chi connectivity index (χ2n) is 5.45. The van der Waals surface area contributed by atoms with Gasteiger partial charge in [-0.05, 0) is 31.2 Å². The summed E-state index contributed by atoms with van der Waals surface area (Å²) in [6.45, 7) is 3.78. The van der Waals surface area contributed by atoms with Crippen LogP contribution in [0.15, 0.2) is 49.1 Å². The molecule has 0 bridgehead atoms. The first-order valence-corrected chi connectivity index (χ1v) is 8.41. The van der Waals surface area contributed by atoms with E-state index in [1.165, 1.54) is 0 Å². The number of pyridine rings is 2. The Hall–Kier alpha value is -3.06. The minimum atomic E-state index is 0.550. The summed E-state index contributed by atoms with van der Waals surface area (Å²) in [4.78, 5) is 14.4. The molecule has 0 saturated carbocycles. The average Bonchev–Trinajstić information content (AvgIpc) is 3.31. The Morgan fingerprint density at radius 2 is 1.42 bits per heavy atom. The maximum atomic E-state index is 5.42. The van der Waals surface area contributed by atoms with E-state index in [2.05, 4.69) is 19.9 Å². The Kier molecular flexibility index (Phi) is 6.05. The molecule has 0 aromatic carbocycles. The predicted molar refractivity (Wildman–Crippen MR) is 101 cm³/mol. The number of H-pyrrole nitrogens is 2. The van der Waals surface area contributed by atoms with E-state index in [1.807, 2.05) is 43.6 Å². The molecule has 0 aliphatic heterocycles. The molecule has 0 fully saturated rings. The van der Waals surface area contributed by atoms with E-state index >= 15 is 0 Å². The van der Waals surface area contributed by atoms with Gasteiger partial charge in [-0.15, -0.1) is 0 Å². The number of rotatable bonds is 6. The molecule has 2 N–H and O–H groups in total. The third kappa shape index (κ3) is 4.52. The van der Waals surface area contributed by atoms with Crippen molar-refractivity contribution in [1.29, 1.82) is 0 Å². The second-order valence-corrected chi connectivity index (χ2v) is 5.45. The highest BCUT2D eigenvalue weighted by atomic mass is 16.5. The van der Waals surface area contributed by atoms with Gasteiger partial charge in [-0.3, -0.25) is 0 Å². The van der Waals surface area contributed by atoms with Crippen LogP contribution in [-0.4, -0.2) is 46.9 Å². The molecular formula is C19H22N4O3. The molecule has 0 radical (unpaired) electrons. The quantitative estimate of drug-likeness (QED) is 0.517. The highest BCUT2D eigenvalue weighted by Crippen LogP contribution is 2.17. The minimum absolute atomic E-state index is 0.550. The van der Waals surface area contributed by atoms with E-state index in [0.29, 0.717) is 19.8 Å². The molecule has 0 aliphatic rings. The van der Waals surface area contributed by atoms with Gasteiger partial charge >= 0.3 is 0 Å². The lowest BCUT2D eigenvalue weighted by Crippen LogP contribution is -2.04. The smallest absolute Gasteiger partial charge is 0.138 e. The molecule has 26 heavy (non-hydrogen) atoms. The second kappa shape index (κ2) is 8.87. The zero-order chi connectivity index (χ0) is 18.2. The molecule has 0 atom stereocenters. The molecule has 0 unspecified atom stereocenters. The van der Waals surface area contributed by atoms with E-state index in [1.54, 1.807) is 19.5 Å². The van der Waals surface area contributed by atoms with Crippen molar-refractivity contribution >= 4 is 22.1 Å². The van der Waals surface area contributed by atoms with Gasteiger partial charge in [0.05, 0.1) is 25.6 Å². The number of methoxy groups -OCH3 is 1. The van der Waals surface area contributed by atoms with Crippen molar-refractivity contribution < 1.29 is 14.2 Å². The summed E-state index contributed by atoms with van der Waals surface area (Å²) in [6.07, 6.45) is 7.15. The Bertz CT molecular complexity index is 948. The van der Waals surface area contributed by atoms with Crippen LogP contribution >= 0.6 is 0 Å². The Morgan fingerprint density at radius 1 is 0.846 bits per heavy atom. The molecule has 0 spiro atoms. The first-order valence-electron chi connectivity index (χ1n) is 8.41. The van der Waals surface area contributed by atoms with E-state index in [9.17, 15) is 0 Å². The summed E-state index contributed by atoms with van der Waals surface area (Å²) < 4.78 is 15.6.